The minimum atomic E-state index is -0.336. The molecule has 2 N–H and O–H groups in total. The summed E-state index contributed by atoms with van der Waals surface area (Å²) >= 11 is 0. The molecule has 170 valence electrons. The van der Waals surface area contributed by atoms with E-state index in [4.69, 9.17) is 5.11 Å². The standard InChI is InChI=1S/C22H22N4O2.C2H6.CH4O/c1-5-9-14(10-6-2)19-18-20(24(3)22(28)25(4)21(18)27)17-13-23-15-11-7-8-12-16(15)26(17)19;2*1-2/h5-12,23H,1,13H2,2-4H3;1-2H3;2H,1H3/b10-6-,14-9+;;. The topological polar surface area (TPSA) is 81.2 Å². The first kappa shape index (κ1) is 24.7. The Hall–Kier alpha value is -3.58. The van der Waals surface area contributed by atoms with Crippen LogP contribution in [0.25, 0.3) is 22.2 Å². The molecule has 2 aromatic heterocycles. The van der Waals surface area contributed by atoms with Crippen LogP contribution in [0.5, 0.6) is 0 Å². The van der Waals surface area contributed by atoms with Crippen molar-refractivity contribution in [2.24, 2.45) is 14.1 Å². The fraction of sp³-hybridized carbons (Fsp3) is 0.280. The van der Waals surface area contributed by atoms with Crippen LogP contribution < -0.4 is 16.6 Å². The van der Waals surface area contributed by atoms with Crippen LogP contribution in [0.1, 0.15) is 32.2 Å². The van der Waals surface area contributed by atoms with Gasteiger partial charge in [-0.15, -0.1) is 0 Å². The third kappa shape index (κ3) is 3.87. The molecule has 3 heterocycles. The SMILES string of the molecule is C=C/C=C(\C=C/C)c1c2c(=O)n(C)c(=O)n(C)c2c2n1-c1ccccc1NC2.CC.CO. The van der Waals surface area contributed by atoms with Crippen LogP contribution in [-0.4, -0.2) is 25.9 Å². The van der Waals surface area contributed by atoms with Crippen LogP contribution in [-0.2, 0) is 20.6 Å². The van der Waals surface area contributed by atoms with Crippen LogP contribution in [0.4, 0.5) is 5.69 Å². The molecule has 1 aliphatic rings. The monoisotopic (exact) mass is 436 g/mol. The van der Waals surface area contributed by atoms with Crippen molar-refractivity contribution >= 4 is 22.2 Å². The number of allylic oxidation sites excluding steroid dienone is 5. The smallest absolute Gasteiger partial charge is 0.331 e. The number of hydrogen-bond donors (Lipinski definition) is 2. The highest BCUT2D eigenvalue weighted by molar-refractivity contribution is 5.98. The van der Waals surface area contributed by atoms with Gasteiger partial charge in [-0.2, -0.15) is 0 Å². The van der Waals surface area contributed by atoms with Crippen LogP contribution in [0.3, 0.4) is 0 Å². The average Bonchev–Trinajstić information content (AvgIpc) is 3.19. The van der Waals surface area contributed by atoms with E-state index in [9.17, 15) is 9.59 Å². The summed E-state index contributed by atoms with van der Waals surface area (Å²) < 4.78 is 4.81. The molecule has 0 aliphatic carbocycles. The van der Waals surface area contributed by atoms with Gasteiger partial charge in [0.25, 0.3) is 5.56 Å². The number of aliphatic hydroxyl groups is 1. The molecule has 0 fully saturated rings. The van der Waals surface area contributed by atoms with E-state index in [1.54, 1.807) is 17.7 Å². The fourth-order valence-electron chi connectivity index (χ4n) is 3.97. The molecule has 0 saturated carbocycles. The molecule has 4 rings (SSSR count). The molecule has 7 heteroatoms. The Morgan fingerprint density at radius 2 is 1.78 bits per heavy atom. The molecule has 3 aromatic rings. The Balaban J connectivity index is 0.000000860. The first-order chi connectivity index (χ1) is 15.5. The molecular weight excluding hydrogens is 404 g/mol. The van der Waals surface area contributed by atoms with Gasteiger partial charge in [0.15, 0.2) is 0 Å². The van der Waals surface area contributed by atoms with Crippen molar-refractivity contribution in [2.45, 2.75) is 27.3 Å². The number of para-hydroxylation sites is 2. The van der Waals surface area contributed by atoms with Gasteiger partial charge in [-0.25, -0.2) is 4.79 Å². The number of rotatable bonds is 3. The fourth-order valence-corrected chi connectivity index (χ4v) is 3.97. The van der Waals surface area contributed by atoms with Gasteiger partial charge in [-0.1, -0.05) is 56.9 Å². The average molecular weight is 437 g/mol. The summed E-state index contributed by atoms with van der Waals surface area (Å²) in [5.41, 5.74) is 4.48. The van der Waals surface area contributed by atoms with E-state index in [-0.39, 0.29) is 11.2 Å². The van der Waals surface area contributed by atoms with Crippen molar-refractivity contribution in [1.82, 2.24) is 13.7 Å². The Bertz CT molecular complexity index is 1300. The van der Waals surface area contributed by atoms with Gasteiger partial charge in [0, 0.05) is 21.2 Å². The summed E-state index contributed by atoms with van der Waals surface area (Å²) in [6.07, 6.45) is 7.48. The van der Waals surface area contributed by atoms with Crippen LogP contribution >= 0.6 is 0 Å². The Kier molecular flexibility index (Phi) is 8.21. The molecule has 7 nitrogen and oxygen atoms in total. The molecule has 0 saturated heterocycles. The number of aromatic nitrogens is 3. The molecule has 32 heavy (non-hydrogen) atoms. The maximum atomic E-state index is 13.2. The van der Waals surface area contributed by atoms with Crippen molar-refractivity contribution in [3.05, 3.63) is 87.4 Å². The molecule has 1 aliphatic heterocycles. The molecule has 0 spiro atoms. The Labute approximate surface area is 188 Å². The second kappa shape index (κ2) is 10.6. The van der Waals surface area contributed by atoms with Gasteiger partial charge in [-0.05, 0) is 24.6 Å². The van der Waals surface area contributed by atoms with Gasteiger partial charge >= 0.3 is 5.69 Å². The summed E-state index contributed by atoms with van der Waals surface area (Å²) in [6, 6.07) is 7.96. The van der Waals surface area contributed by atoms with Crippen molar-refractivity contribution in [2.75, 3.05) is 12.4 Å². The number of nitrogens with one attached hydrogen (secondary N) is 1. The molecule has 0 radical (unpaired) electrons. The van der Waals surface area contributed by atoms with Crippen LogP contribution in [0.15, 0.2) is 64.7 Å². The third-order valence-corrected chi connectivity index (χ3v) is 5.18. The number of hydrogen-bond acceptors (Lipinski definition) is 4. The molecule has 0 bridgehead atoms. The number of nitrogens with zero attached hydrogens (tertiary/aromatic N) is 3. The highest BCUT2D eigenvalue weighted by atomic mass is 16.2. The number of anilines is 1. The van der Waals surface area contributed by atoms with E-state index in [0.29, 0.717) is 17.4 Å². The van der Waals surface area contributed by atoms with E-state index >= 15 is 0 Å². The van der Waals surface area contributed by atoms with Crippen LogP contribution in [0.2, 0.25) is 0 Å². The van der Waals surface area contributed by atoms with Gasteiger partial charge in [-0.3, -0.25) is 13.9 Å². The minimum absolute atomic E-state index is 0.299. The maximum Gasteiger partial charge on any atom is 0.331 e. The van der Waals surface area contributed by atoms with E-state index < -0.39 is 0 Å². The molecular formula is C25H32N4O3. The van der Waals surface area contributed by atoms with E-state index in [0.717, 1.165) is 35.4 Å². The van der Waals surface area contributed by atoms with Gasteiger partial charge in [0.2, 0.25) is 0 Å². The van der Waals surface area contributed by atoms with Gasteiger partial charge in [0.1, 0.15) is 0 Å². The second-order valence-corrected chi connectivity index (χ2v) is 6.79. The first-order valence-electron chi connectivity index (χ1n) is 10.6. The third-order valence-electron chi connectivity index (χ3n) is 5.18. The molecule has 0 unspecified atom stereocenters. The zero-order valence-corrected chi connectivity index (χ0v) is 19.6. The number of fused-ring (bicyclic) bond motifs is 5. The second-order valence-electron chi connectivity index (χ2n) is 6.79. The van der Waals surface area contributed by atoms with Gasteiger partial charge < -0.3 is 15.0 Å². The van der Waals surface area contributed by atoms with Crippen molar-refractivity contribution < 1.29 is 5.11 Å². The van der Waals surface area contributed by atoms with E-state index in [1.165, 1.54) is 11.6 Å². The number of benzene rings is 1. The van der Waals surface area contributed by atoms with Crippen LogP contribution in [0, 0.1) is 0 Å². The lowest BCUT2D eigenvalue weighted by atomic mass is 10.1. The number of aliphatic hydroxyl groups excluding tert-OH is 1. The van der Waals surface area contributed by atoms with E-state index in [1.807, 2.05) is 63.3 Å². The van der Waals surface area contributed by atoms with Gasteiger partial charge in [0.05, 0.1) is 40.2 Å². The summed E-state index contributed by atoms with van der Waals surface area (Å²) in [6.45, 7) is 10.3. The molecule has 0 amide bonds. The quantitative estimate of drug-likeness (QED) is 0.613. The molecule has 1 aromatic carbocycles. The highest BCUT2D eigenvalue weighted by Gasteiger charge is 2.28. The lowest BCUT2D eigenvalue weighted by molar-refractivity contribution is 0.399. The zero-order chi connectivity index (χ0) is 24.0. The summed E-state index contributed by atoms with van der Waals surface area (Å²) in [5, 5.41) is 10.9. The maximum absolute atomic E-state index is 13.2. The predicted molar refractivity (Wildman–Crippen MR) is 134 cm³/mol. The largest absolute Gasteiger partial charge is 0.400 e. The molecule has 0 atom stereocenters. The summed E-state index contributed by atoms with van der Waals surface area (Å²) in [7, 11) is 4.23. The van der Waals surface area contributed by atoms with E-state index in [2.05, 4.69) is 16.5 Å². The predicted octanol–water partition coefficient (Wildman–Crippen LogP) is 3.73. The highest BCUT2D eigenvalue weighted by Crippen LogP contribution is 2.37. The van der Waals surface area contributed by atoms with Crippen molar-refractivity contribution in [3.63, 3.8) is 0 Å². The minimum Gasteiger partial charge on any atom is -0.400 e. The summed E-state index contributed by atoms with van der Waals surface area (Å²) in [5.74, 6) is 0. The zero-order valence-electron chi connectivity index (χ0n) is 19.6. The Morgan fingerprint density at radius 3 is 2.41 bits per heavy atom. The lowest BCUT2D eigenvalue weighted by Gasteiger charge is -2.23. The number of aryl methyl sites for hydroxylation is 1. The first-order valence-corrected chi connectivity index (χ1v) is 10.6. The Morgan fingerprint density at radius 1 is 1.12 bits per heavy atom. The van der Waals surface area contributed by atoms with Crippen molar-refractivity contribution in [1.29, 1.82) is 0 Å². The normalized spacial score (nSPS) is 12.2. The summed E-state index contributed by atoms with van der Waals surface area (Å²) in [4.78, 5) is 25.8. The van der Waals surface area contributed by atoms with Crippen molar-refractivity contribution in [3.8, 4) is 5.69 Å². The lowest BCUT2D eigenvalue weighted by Crippen LogP contribution is -2.37.